The Hall–Kier alpha value is -2.38. The predicted octanol–water partition coefficient (Wildman–Crippen LogP) is 2.06. The Labute approximate surface area is 160 Å². The van der Waals surface area contributed by atoms with Gasteiger partial charge in [-0.05, 0) is 30.0 Å². The van der Waals surface area contributed by atoms with E-state index in [1.807, 2.05) is 35.2 Å². The molecule has 0 radical (unpaired) electrons. The molecule has 7 heteroatoms. The number of sulfonamides is 1. The maximum atomic E-state index is 12.6. The molecular weight excluding hydrogens is 364 g/mol. The van der Waals surface area contributed by atoms with Crippen molar-refractivity contribution in [3.05, 3.63) is 60.2 Å². The second-order valence-electron chi connectivity index (χ2n) is 6.65. The number of hydrogen-bond acceptors (Lipinski definition) is 4. The number of nitrogens with one attached hydrogen (secondary N) is 1. The Morgan fingerprint density at radius 2 is 1.81 bits per heavy atom. The maximum absolute atomic E-state index is 12.6. The smallest absolute Gasteiger partial charge is 0.244 e. The monoisotopic (exact) mass is 388 g/mol. The molecule has 1 heterocycles. The number of likely N-dealkylation sites (tertiary alicyclic amines) is 1. The highest BCUT2D eigenvalue weighted by molar-refractivity contribution is 7.89. The molecule has 0 bridgehead atoms. The van der Waals surface area contributed by atoms with Crippen molar-refractivity contribution in [2.75, 3.05) is 26.7 Å². The fourth-order valence-electron chi connectivity index (χ4n) is 3.26. The van der Waals surface area contributed by atoms with Crippen LogP contribution < -0.4 is 9.46 Å². The molecule has 1 amide bonds. The fraction of sp³-hybridized carbons (Fsp3) is 0.350. The second-order valence-corrected chi connectivity index (χ2v) is 8.38. The molecule has 1 atom stereocenters. The molecule has 6 nitrogen and oxygen atoms in total. The summed E-state index contributed by atoms with van der Waals surface area (Å²) in [7, 11) is -2.25. The number of benzene rings is 2. The second kappa shape index (κ2) is 8.54. The zero-order valence-electron chi connectivity index (χ0n) is 15.3. The average Bonchev–Trinajstić information content (AvgIpc) is 3.05. The van der Waals surface area contributed by atoms with Crippen LogP contribution in [0.2, 0.25) is 0 Å². The van der Waals surface area contributed by atoms with E-state index in [4.69, 9.17) is 4.74 Å². The Balaban J connectivity index is 1.55. The van der Waals surface area contributed by atoms with Crippen LogP contribution in [0.1, 0.15) is 12.0 Å². The number of carbonyl (C=O) groups excluding carboxylic acids is 1. The third-order valence-corrected chi connectivity index (χ3v) is 6.19. The van der Waals surface area contributed by atoms with Crippen LogP contribution in [0.15, 0.2) is 59.5 Å². The topological polar surface area (TPSA) is 75.7 Å². The molecule has 0 aromatic heterocycles. The molecule has 0 spiro atoms. The number of rotatable bonds is 8. The van der Waals surface area contributed by atoms with Crippen LogP contribution in [0.4, 0.5) is 0 Å². The van der Waals surface area contributed by atoms with Gasteiger partial charge in [-0.15, -0.1) is 0 Å². The van der Waals surface area contributed by atoms with Crippen molar-refractivity contribution in [1.29, 1.82) is 0 Å². The van der Waals surface area contributed by atoms with E-state index in [2.05, 4.69) is 4.72 Å². The van der Waals surface area contributed by atoms with Gasteiger partial charge in [0.05, 0.1) is 7.11 Å². The zero-order chi connectivity index (χ0) is 19.3. The molecule has 1 fully saturated rings. The summed E-state index contributed by atoms with van der Waals surface area (Å²) >= 11 is 0. The summed E-state index contributed by atoms with van der Waals surface area (Å²) in [5.41, 5.74) is 1.19. The van der Waals surface area contributed by atoms with Gasteiger partial charge in [0, 0.05) is 26.1 Å². The molecule has 0 aliphatic carbocycles. The van der Waals surface area contributed by atoms with Gasteiger partial charge in [-0.3, -0.25) is 4.79 Å². The largest absolute Gasteiger partial charge is 0.495 e. The van der Waals surface area contributed by atoms with Crippen LogP contribution in [0.3, 0.4) is 0 Å². The van der Waals surface area contributed by atoms with Gasteiger partial charge in [-0.1, -0.05) is 42.5 Å². The molecule has 0 saturated carbocycles. The van der Waals surface area contributed by atoms with Crippen molar-refractivity contribution in [1.82, 2.24) is 9.62 Å². The lowest BCUT2D eigenvalue weighted by Gasteiger charge is -2.17. The predicted molar refractivity (Wildman–Crippen MR) is 103 cm³/mol. The molecule has 1 aliphatic heterocycles. The quantitative estimate of drug-likeness (QED) is 0.751. The third kappa shape index (κ3) is 4.87. The normalized spacial score (nSPS) is 17.3. The first-order valence-corrected chi connectivity index (χ1v) is 10.4. The van der Waals surface area contributed by atoms with E-state index in [1.165, 1.54) is 18.7 Å². The first-order chi connectivity index (χ1) is 13.0. The van der Waals surface area contributed by atoms with E-state index in [9.17, 15) is 13.2 Å². The van der Waals surface area contributed by atoms with Crippen molar-refractivity contribution in [2.24, 2.45) is 5.92 Å². The Bertz CT molecular complexity index is 884. The van der Waals surface area contributed by atoms with Crippen LogP contribution >= 0.6 is 0 Å². The van der Waals surface area contributed by atoms with Gasteiger partial charge in [-0.25, -0.2) is 13.1 Å². The van der Waals surface area contributed by atoms with E-state index in [0.29, 0.717) is 25.3 Å². The lowest BCUT2D eigenvalue weighted by molar-refractivity contribution is -0.127. The summed E-state index contributed by atoms with van der Waals surface area (Å²) in [6, 6.07) is 16.5. The SMILES string of the molecule is COc1ccccc1S(=O)(=O)NC[C@@H]1CC(=O)N(CCc2ccccc2)C1. The van der Waals surface area contributed by atoms with Gasteiger partial charge in [0.25, 0.3) is 0 Å². The average molecular weight is 388 g/mol. The van der Waals surface area contributed by atoms with Gasteiger partial charge in [0.15, 0.2) is 0 Å². The van der Waals surface area contributed by atoms with Crippen LogP contribution in [0.5, 0.6) is 5.75 Å². The van der Waals surface area contributed by atoms with Gasteiger partial charge in [0.1, 0.15) is 10.6 Å². The van der Waals surface area contributed by atoms with Crippen molar-refractivity contribution in [2.45, 2.75) is 17.7 Å². The molecular formula is C20H24N2O4S. The summed E-state index contributed by atoms with van der Waals surface area (Å²) in [4.78, 5) is 14.2. The first kappa shape index (κ1) is 19.4. The van der Waals surface area contributed by atoms with Gasteiger partial charge < -0.3 is 9.64 Å². The highest BCUT2D eigenvalue weighted by atomic mass is 32.2. The molecule has 0 unspecified atom stereocenters. The number of hydrogen-bond donors (Lipinski definition) is 1. The highest BCUT2D eigenvalue weighted by Gasteiger charge is 2.30. The number of para-hydroxylation sites is 1. The van der Waals surface area contributed by atoms with Gasteiger partial charge >= 0.3 is 0 Å². The van der Waals surface area contributed by atoms with Crippen molar-refractivity contribution >= 4 is 15.9 Å². The van der Waals surface area contributed by atoms with Crippen molar-refractivity contribution < 1.29 is 17.9 Å². The van der Waals surface area contributed by atoms with E-state index in [-0.39, 0.29) is 23.3 Å². The number of methoxy groups -OCH3 is 1. The lowest BCUT2D eigenvalue weighted by atomic mass is 10.1. The maximum Gasteiger partial charge on any atom is 0.244 e. The molecule has 1 N–H and O–H groups in total. The first-order valence-electron chi connectivity index (χ1n) is 8.94. The Kier molecular flexibility index (Phi) is 6.13. The van der Waals surface area contributed by atoms with Gasteiger partial charge in [0.2, 0.25) is 15.9 Å². The van der Waals surface area contributed by atoms with Crippen LogP contribution in [-0.2, 0) is 21.2 Å². The minimum Gasteiger partial charge on any atom is -0.495 e. The number of nitrogens with zero attached hydrogens (tertiary/aromatic N) is 1. The van der Waals surface area contributed by atoms with E-state index >= 15 is 0 Å². The zero-order valence-corrected chi connectivity index (χ0v) is 16.1. The minimum atomic E-state index is -3.69. The van der Waals surface area contributed by atoms with E-state index in [1.54, 1.807) is 18.2 Å². The summed E-state index contributed by atoms with van der Waals surface area (Å²) in [5, 5.41) is 0. The minimum absolute atomic E-state index is 0.0299. The number of amides is 1. The Morgan fingerprint density at radius 1 is 1.11 bits per heavy atom. The molecule has 2 aromatic carbocycles. The molecule has 2 aromatic rings. The number of ether oxygens (including phenoxy) is 1. The van der Waals surface area contributed by atoms with Crippen LogP contribution in [0, 0.1) is 5.92 Å². The van der Waals surface area contributed by atoms with Crippen LogP contribution in [0.25, 0.3) is 0 Å². The molecule has 144 valence electrons. The van der Waals surface area contributed by atoms with Crippen LogP contribution in [-0.4, -0.2) is 46.0 Å². The fourth-order valence-corrected chi connectivity index (χ4v) is 4.55. The summed E-state index contributed by atoms with van der Waals surface area (Å²) in [5.74, 6) is 0.349. The standard InChI is InChI=1S/C20H24N2O4S/c1-26-18-9-5-6-10-19(18)27(24,25)21-14-17-13-20(23)22(15-17)12-11-16-7-3-2-4-8-16/h2-10,17,21H,11-15H2,1H3/t17-/m0/s1. The molecule has 27 heavy (non-hydrogen) atoms. The van der Waals surface area contributed by atoms with E-state index < -0.39 is 10.0 Å². The molecule has 3 rings (SSSR count). The summed E-state index contributed by atoms with van der Waals surface area (Å²) in [6.45, 7) is 1.45. The molecule has 1 saturated heterocycles. The lowest BCUT2D eigenvalue weighted by Crippen LogP contribution is -2.32. The number of carbonyl (C=O) groups is 1. The third-order valence-electron chi connectivity index (χ3n) is 4.73. The highest BCUT2D eigenvalue weighted by Crippen LogP contribution is 2.23. The van der Waals surface area contributed by atoms with E-state index in [0.717, 1.165) is 6.42 Å². The van der Waals surface area contributed by atoms with Crippen molar-refractivity contribution in [3.63, 3.8) is 0 Å². The van der Waals surface area contributed by atoms with Crippen molar-refractivity contribution in [3.8, 4) is 5.75 Å². The Morgan fingerprint density at radius 3 is 2.56 bits per heavy atom. The summed E-state index contributed by atoms with van der Waals surface area (Å²) in [6.07, 6.45) is 1.16. The van der Waals surface area contributed by atoms with Gasteiger partial charge in [-0.2, -0.15) is 0 Å². The molecule has 1 aliphatic rings. The summed E-state index contributed by atoms with van der Waals surface area (Å²) < 4.78 is 32.9.